The lowest BCUT2D eigenvalue weighted by Crippen LogP contribution is -2.45. The summed E-state index contributed by atoms with van der Waals surface area (Å²) in [5.41, 5.74) is 7.09. The maximum absolute atomic E-state index is 12.0. The highest BCUT2D eigenvalue weighted by molar-refractivity contribution is 7.88. The molecular weight excluding hydrogens is 290 g/mol. The van der Waals surface area contributed by atoms with E-state index in [-0.39, 0.29) is 11.7 Å². The van der Waals surface area contributed by atoms with Gasteiger partial charge >= 0.3 is 0 Å². The van der Waals surface area contributed by atoms with E-state index in [0.29, 0.717) is 18.7 Å². The smallest absolute Gasteiger partial charge is 0.237 e. The zero-order chi connectivity index (χ0) is 15.9. The predicted octanol–water partition coefficient (Wildman–Crippen LogP) is 0.479. The lowest BCUT2D eigenvalue weighted by molar-refractivity contribution is -0.122. The molecule has 1 aromatic rings. The molecule has 0 aliphatic carbocycles. The van der Waals surface area contributed by atoms with Gasteiger partial charge in [-0.05, 0) is 24.5 Å². The highest BCUT2D eigenvalue weighted by Gasteiger charge is 2.20. The zero-order valence-corrected chi connectivity index (χ0v) is 13.2. The van der Waals surface area contributed by atoms with Crippen LogP contribution in [0.2, 0.25) is 0 Å². The summed E-state index contributed by atoms with van der Waals surface area (Å²) in [4.78, 5) is 11.7. The molecule has 1 unspecified atom stereocenters. The summed E-state index contributed by atoms with van der Waals surface area (Å²) < 4.78 is 26.4. The van der Waals surface area contributed by atoms with Gasteiger partial charge in [0.25, 0.3) is 0 Å². The Bertz CT molecular complexity index is 555. The second kappa shape index (κ2) is 8.11. The minimum Gasteiger partial charge on any atom is -0.355 e. The first-order valence-corrected chi connectivity index (χ1v) is 8.58. The predicted molar refractivity (Wildman–Crippen MR) is 82.9 cm³/mol. The lowest BCUT2D eigenvalue weighted by atomic mass is 10.1. The van der Waals surface area contributed by atoms with Crippen molar-refractivity contribution in [3.63, 3.8) is 0 Å². The van der Waals surface area contributed by atoms with E-state index in [1.807, 2.05) is 6.92 Å². The molecule has 0 radical (unpaired) electrons. The maximum atomic E-state index is 12.0. The van der Waals surface area contributed by atoms with Crippen LogP contribution < -0.4 is 15.8 Å². The van der Waals surface area contributed by atoms with Crippen LogP contribution in [0.4, 0.5) is 0 Å². The third kappa shape index (κ3) is 6.24. The largest absolute Gasteiger partial charge is 0.355 e. The van der Waals surface area contributed by atoms with Gasteiger partial charge in [-0.25, -0.2) is 13.1 Å². The van der Waals surface area contributed by atoms with Gasteiger partial charge in [0.1, 0.15) is 0 Å². The average molecular weight is 313 g/mol. The number of rotatable bonds is 8. The molecular formula is C14H23N3O3S. The van der Waals surface area contributed by atoms with Crippen molar-refractivity contribution in [3.8, 4) is 0 Å². The number of hydrogen-bond acceptors (Lipinski definition) is 4. The van der Waals surface area contributed by atoms with Gasteiger partial charge in [-0.2, -0.15) is 0 Å². The average Bonchev–Trinajstić information content (AvgIpc) is 2.44. The quantitative estimate of drug-likeness (QED) is 0.649. The molecule has 4 N–H and O–H groups in total. The maximum Gasteiger partial charge on any atom is 0.237 e. The Balaban J connectivity index is 2.62. The first kappa shape index (κ1) is 17.6. The fourth-order valence-corrected chi connectivity index (χ4v) is 3.12. The van der Waals surface area contributed by atoms with Gasteiger partial charge < -0.3 is 11.1 Å². The molecule has 6 nitrogen and oxygen atoms in total. The van der Waals surface area contributed by atoms with E-state index < -0.39 is 16.1 Å². The summed E-state index contributed by atoms with van der Waals surface area (Å²) in [6.07, 6.45) is 0.804. The Morgan fingerprint density at radius 2 is 1.81 bits per heavy atom. The SMILES string of the molecule is CCCNC(=O)C(C)NS(=O)(=O)Cc1ccc(CN)cc1. The standard InChI is InChI=1S/C14H23N3O3S/c1-3-8-16-14(18)11(2)17-21(19,20)10-13-6-4-12(9-15)5-7-13/h4-7,11,17H,3,8-10,15H2,1-2H3,(H,16,18). The first-order valence-electron chi connectivity index (χ1n) is 6.93. The number of nitrogens with one attached hydrogen (secondary N) is 2. The van der Waals surface area contributed by atoms with Gasteiger partial charge in [-0.3, -0.25) is 4.79 Å². The number of sulfonamides is 1. The highest BCUT2D eigenvalue weighted by atomic mass is 32.2. The van der Waals surface area contributed by atoms with Crippen LogP contribution in [0, 0.1) is 0 Å². The molecule has 1 aromatic carbocycles. The molecule has 0 heterocycles. The van der Waals surface area contributed by atoms with Gasteiger partial charge in [0, 0.05) is 13.1 Å². The van der Waals surface area contributed by atoms with Gasteiger partial charge in [0.15, 0.2) is 0 Å². The molecule has 0 saturated carbocycles. The summed E-state index contributed by atoms with van der Waals surface area (Å²) in [7, 11) is -3.57. The van der Waals surface area contributed by atoms with Crippen LogP contribution in [-0.4, -0.2) is 26.9 Å². The van der Waals surface area contributed by atoms with Crippen LogP contribution in [0.25, 0.3) is 0 Å². The van der Waals surface area contributed by atoms with Crippen LogP contribution in [0.15, 0.2) is 24.3 Å². The molecule has 21 heavy (non-hydrogen) atoms. The van der Waals surface area contributed by atoms with E-state index in [0.717, 1.165) is 12.0 Å². The van der Waals surface area contributed by atoms with Crippen LogP contribution in [0.5, 0.6) is 0 Å². The molecule has 0 aliphatic heterocycles. The molecule has 0 bridgehead atoms. The summed E-state index contributed by atoms with van der Waals surface area (Å²) in [5.74, 6) is -0.484. The van der Waals surface area contributed by atoms with Crippen molar-refractivity contribution in [2.24, 2.45) is 5.73 Å². The van der Waals surface area contributed by atoms with Gasteiger partial charge in [-0.15, -0.1) is 0 Å². The van der Waals surface area contributed by atoms with Crippen molar-refractivity contribution in [1.82, 2.24) is 10.0 Å². The van der Waals surface area contributed by atoms with Crippen molar-refractivity contribution in [2.45, 2.75) is 38.6 Å². The summed E-state index contributed by atoms with van der Waals surface area (Å²) in [6.45, 7) is 4.41. The third-order valence-corrected chi connectivity index (χ3v) is 4.34. The second-order valence-corrected chi connectivity index (χ2v) is 6.66. The Kier molecular flexibility index (Phi) is 6.80. The fraction of sp³-hybridized carbons (Fsp3) is 0.500. The van der Waals surface area contributed by atoms with Crippen LogP contribution in [-0.2, 0) is 27.1 Å². The molecule has 1 amide bonds. The Morgan fingerprint density at radius 3 is 2.33 bits per heavy atom. The molecule has 118 valence electrons. The van der Waals surface area contributed by atoms with Crippen molar-refractivity contribution in [3.05, 3.63) is 35.4 Å². The number of amides is 1. The minimum atomic E-state index is -3.57. The number of hydrogen-bond donors (Lipinski definition) is 3. The number of carbonyl (C=O) groups is 1. The van der Waals surface area contributed by atoms with Gasteiger partial charge in [0.2, 0.25) is 15.9 Å². The van der Waals surface area contributed by atoms with E-state index >= 15 is 0 Å². The van der Waals surface area contributed by atoms with Crippen molar-refractivity contribution in [1.29, 1.82) is 0 Å². The van der Waals surface area contributed by atoms with E-state index in [9.17, 15) is 13.2 Å². The van der Waals surface area contributed by atoms with Crippen molar-refractivity contribution < 1.29 is 13.2 Å². The molecule has 0 saturated heterocycles. The normalized spacial score (nSPS) is 12.9. The number of benzene rings is 1. The first-order chi connectivity index (χ1) is 9.88. The van der Waals surface area contributed by atoms with Gasteiger partial charge in [-0.1, -0.05) is 31.2 Å². The summed E-state index contributed by atoms with van der Waals surface area (Å²) in [6, 6.07) is 6.25. The molecule has 7 heteroatoms. The van der Waals surface area contributed by atoms with E-state index in [1.165, 1.54) is 6.92 Å². The van der Waals surface area contributed by atoms with E-state index in [4.69, 9.17) is 5.73 Å². The Hall–Kier alpha value is -1.44. The molecule has 0 spiro atoms. The lowest BCUT2D eigenvalue weighted by Gasteiger charge is -2.14. The summed E-state index contributed by atoms with van der Waals surface area (Å²) >= 11 is 0. The second-order valence-electron chi connectivity index (χ2n) is 4.91. The Labute approximate surface area is 126 Å². The highest BCUT2D eigenvalue weighted by Crippen LogP contribution is 2.08. The van der Waals surface area contributed by atoms with Crippen LogP contribution in [0.1, 0.15) is 31.4 Å². The molecule has 1 rings (SSSR count). The van der Waals surface area contributed by atoms with Crippen molar-refractivity contribution >= 4 is 15.9 Å². The Morgan fingerprint density at radius 1 is 1.24 bits per heavy atom. The number of nitrogens with two attached hydrogens (primary N) is 1. The fourth-order valence-electron chi connectivity index (χ4n) is 1.76. The van der Waals surface area contributed by atoms with Crippen LogP contribution >= 0.6 is 0 Å². The topological polar surface area (TPSA) is 101 Å². The van der Waals surface area contributed by atoms with E-state index in [2.05, 4.69) is 10.0 Å². The van der Waals surface area contributed by atoms with E-state index in [1.54, 1.807) is 24.3 Å². The molecule has 0 aliphatic rings. The monoisotopic (exact) mass is 313 g/mol. The third-order valence-electron chi connectivity index (χ3n) is 2.91. The molecule has 0 aromatic heterocycles. The molecule has 0 fully saturated rings. The zero-order valence-electron chi connectivity index (χ0n) is 12.4. The van der Waals surface area contributed by atoms with Crippen LogP contribution in [0.3, 0.4) is 0 Å². The van der Waals surface area contributed by atoms with Crippen molar-refractivity contribution in [2.75, 3.05) is 6.54 Å². The molecule has 1 atom stereocenters. The van der Waals surface area contributed by atoms with Gasteiger partial charge in [0.05, 0.1) is 11.8 Å². The number of carbonyl (C=O) groups excluding carboxylic acids is 1. The summed E-state index contributed by atoms with van der Waals surface area (Å²) in [5, 5.41) is 2.65. The minimum absolute atomic E-state index is 0.163.